The summed E-state index contributed by atoms with van der Waals surface area (Å²) < 4.78 is 0. The summed E-state index contributed by atoms with van der Waals surface area (Å²) in [6.45, 7) is 0. The van der Waals surface area contributed by atoms with Crippen molar-refractivity contribution in [3.63, 3.8) is 0 Å². The van der Waals surface area contributed by atoms with Crippen LogP contribution in [0.2, 0.25) is 0 Å². The number of hydrogen-bond acceptors (Lipinski definition) is 2. The summed E-state index contributed by atoms with van der Waals surface area (Å²) in [5.74, 6) is 0.928. The molecular weight excluding hydrogens is 270 g/mol. The van der Waals surface area contributed by atoms with Crippen molar-refractivity contribution in [2.75, 3.05) is 0 Å². The number of benzene rings is 2. The molecule has 3 heteroatoms. The minimum Gasteiger partial charge on any atom is -0.507 e. The molecule has 1 aliphatic carbocycles. The normalized spacial score (nSPS) is 17.6. The van der Waals surface area contributed by atoms with Gasteiger partial charge >= 0.3 is 0 Å². The number of aromatic hydroxyl groups is 1. The van der Waals surface area contributed by atoms with Crippen molar-refractivity contribution in [1.29, 1.82) is 0 Å². The smallest absolute Gasteiger partial charge is 0.123 e. The Morgan fingerprint density at radius 2 is 1.60 bits per heavy atom. The highest BCUT2D eigenvalue weighted by molar-refractivity contribution is 5.91. The first-order chi connectivity index (χ1) is 9.27. The number of hydrogen-bond donors (Lipinski definition) is 2. The second-order valence-corrected chi connectivity index (χ2v) is 5.64. The molecule has 0 bridgehead atoms. The van der Waals surface area contributed by atoms with Gasteiger partial charge in [0.1, 0.15) is 5.75 Å². The molecule has 1 atom stereocenters. The van der Waals surface area contributed by atoms with E-state index >= 15 is 0 Å². The number of nitrogens with two attached hydrogens (primary N) is 1. The zero-order valence-electron chi connectivity index (χ0n) is 11.6. The Bertz CT molecular complexity index is 578. The van der Waals surface area contributed by atoms with E-state index in [-0.39, 0.29) is 18.4 Å². The van der Waals surface area contributed by atoms with Gasteiger partial charge in [0.25, 0.3) is 0 Å². The van der Waals surface area contributed by atoms with Crippen LogP contribution in [-0.4, -0.2) is 5.11 Å². The summed E-state index contributed by atoms with van der Waals surface area (Å²) in [6.07, 6.45) is 6.41. The van der Waals surface area contributed by atoms with Crippen molar-refractivity contribution in [2.45, 2.75) is 38.1 Å². The summed E-state index contributed by atoms with van der Waals surface area (Å²) in [6, 6.07) is 11.9. The van der Waals surface area contributed by atoms with Gasteiger partial charge in [-0.1, -0.05) is 49.6 Å². The zero-order valence-corrected chi connectivity index (χ0v) is 12.4. The molecule has 2 nitrogen and oxygen atoms in total. The first-order valence-corrected chi connectivity index (χ1v) is 7.23. The SMILES string of the molecule is Cl.N[C@@H](c1ccc(O)c2ccccc12)C1CCCCC1. The van der Waals surface area contributed by atoms with Gasteiger partial charge in [-0.3, -0.25) is 0 Å². The van der Waals surface area contributed by atoms with Gasteiger partial charge in [0.05, 0.1) is 0 Å². The van der Waals surface area contributed by atoms with Crippen LogP contribution in [0.25, 0.3) is 10.8 Å². The molecule has 3 rings (SSSR count). The predicted molar refractivity (Wildman–Crippen MR) is 86.4 cm³/mol. The van der Waals surface area contributed by atoms with Gasteiger partial charge in [0.2, 0.25) is 0 Å². The molecule has 1 fully saturated rings. The Hall–Kier alpha value is -1.25. The van der Waals surface area contributed by atoms with E-state index in [1.165, 1.54) is 37.7 Å². The Morgan fingerprint density at radius 1 is 0.950 bits per heavy atom. The third-order valence-electron chi connectivity index (χ3n) is 4.45. The minimum absolute atomic E-state index is 0. The maximum atomic E-state index is 9.95. The Morgan fingerprint density at radius 3 is 2.30 bits per heavy atom. The summed E-state index contributed by atoms with van der Waals surface area (Å²) in [7, 11) is 0. The first-order valence-electron chi connectivity index (χ1n) is 7.23. The maximum Gasteiger partial charge on any atom is 0.123 e. The lowest BCUT2D eigenvalue weighted by Crippen LogP contribution is -2.23. The summed E-state index contributed by atoms with van der Waals surface area (Å²) >= 11 is 0. The molecular formula is C17H22ClNO. The molecule has 1 saturated carbocycles. The van der Waals surface area contributed by atoms with E-state index in [4.69, 9.17) is 5.73 Å². The molecule has 1 aliphatic rings. The second-order valence-electron chi connectivity index (χ2n) is 5.64. The van der Waals surface area contributed by atoms with Crippen LogP contribution in [0, 0.1) is 5.92 Å². The number of phenolic OH excluding ortho intramolecular Hbond substituents is 1. The lowest BCUT2D eigenvalue weighted by atomic mass is 9.80. The predicted octanol–water partition coefficient (Wildman–Crippen LogP) is 4.55. The molecule has 2 aromatic carbocycles. The van der Waals surface area contributed by atoms with E-state index in [2.05, 4.69) is 6.07 Å². The Labute approximate surface area is 126 Å². The number of rotatable bonds is 2. The van der Waals surface area contributed by atoms with Crippen molar-refractivity contribution < 1.29 is 5.11 Å². The third kappa shape index (κ3) is 2.77. The van der Waals surface area contributed by atoms with Crippen LogP contribution in [0.4, 0.5) is 0 Å². The lowest BCUT2D eigenvalue weighted by molar-refractivity contribution is 0.309. The zero-order chi connectivity index (χ0) is 13.2. The van der Waals surface area contributed by atoms with Crippen LogP contribution in [0.15, 0.2) is 36.4 Å². The average molecular weight is 292 g/mol. The van der Waals surface area contributed by atoms with Crippen LogP contribution < -0.4 is 5.73 Å². The molecule has 0 amide bonds. The van der Waals surface area contributed by atoms with Gasteiger partial charge in [0.15, 0.2) is 0 Å². The van der Waals surface area contributed by atoms with Gasteiger partial charge in [0, 0.05) is 11.4 Å². The molecule has 0 aliphatic heterocycles. The van der Waals surface area contributed by atoms with Crippen molar-refractivity contribution in [2.24, 2.45) is 11.7 Å². The van der Waals surface area contributed by atoms with Gasteiger partial charge in [-0.25, -0.2) is 0 Å². The molecule has 2 aromatic rings. The third-order valence-corrected chi connectivity index (χ3v) is 4.45. The number of halogens is 1. The highest BCUT2D eigenvalue weighted by Crippen LogP contribution is 2.37. The molecule has 0 aromatic heterocycles. The van der Waals surface area contributed by atoms with Crippen LogP contribution in [-0.2, 0) is 0 Å². The van der Waals surface area contributed by atoms with Crippen LogP contribution in [0.5, 0.6) is 5.75 Å². The molecule has 20 heavy (non-hydrogen) atoms. The van der Waals surface area contributed by atoms with Gasteiger partial charge < -0.3 is 10.8 Å². The average Bonchev–Trinajstić information content (AvgIpc) is 2.48. The van der Waals surface area contributed by atoms with E-state index in [9.17, 15) is 5.11 Å². The molecule has 108 valence electrons. The minimum atomic E-state index is 0. The number of phenols is 1. The van der Waals surface area contributed by atoms with E-state index in [1.807, 2.05) is 24.3 Å². The van der Waals surface area contributed by atoms with Gasteiger partial charge in [-0.05, 0) is 35.8 Å². The fourth-order valence-corrected chi connectivity index (χ4v) is 3.34. The fourth-order valence-electron chi connectivity index (χ4n) is 3.34. The first kappa shape index (κ1) is 15.1. The summed E-state index contributed by atoms with van der Waals surface area (Å²) in [4.78, 5) is 0. The highest BCUT2D eigenvalue weighted by atomic mass is 35.5. The van der Waals surface area contributed by atoms with Crippen molar-refractivity contribution in [1.82, 2.24) is 0 Å². The van der Waals surface area contributed by atoms with Crippen molar-refractivity contribution >= 4 is 23.2 Å². The Kier molecular flexibility index (Phi) is 4.90. The van der Waals surface area contributed by atoms with Gasteiger partial charge in [-0.2, -0.15) is 0 Å². The molecule has 0 unspecified atom stereocenters. The standard InChI is InChI=1S/C17H21NO.ClH/c18-17(12-6-2-1-3-7-12)15-10-11-16(19)14-9-5-4-8-13(14)15;/h4-5,8-12,17,19H,1-3,6-7,18H2;1H/t17-;/m1./s1. The van der Waals surface area contributed by atoms with Crippen LogP contribution >= 0.6 is 12.4 Å². The van der Waals surface area contributed by atoms with Crippen LogP contribution in [0.1, 0.15) is 43.7 Å². The van der Waals surface area contributed by atoms with E-state index in [0.717, 1.165) is 10.8 Å². The largest absolute Gasteiger partial charge is 0.507 e. The highest BCUT2D eigenvalue weighted by Gasteiger charge is 2.23. The maximum absolute atomic E-state index is 9.95. The van der Waals surface area contributed by atoms with Gasteiger partial charge in [-0.15, -0.1) is 12.4 Å². The molecule has 3 N–H and O–H groups in total. The summed E-state index contributed by atoms with van der Waals surface area (Å²) in [5, 5.41) is 12.0. The lowest BCUT2D eigenvalue weighted by Gasteiger charge is -2.28. The number of fused-ring (bicyclic) bond motifs is 1. The monoisotopic (exact) mass is 291 g/mol. The van der Waals surface area contributed by atoms with Crippen molar-refractivity contribution in [3.8, 4) is 5.75 Å². The second kappa shape index (κ2) is 6.47. The van der Waals surface area contributed by atoms with E-state index in [0.29, 0.717) is 11.7 Å². The Balaban J connectivity index is 0.00000147. The molecule has 0 radical (unpaired) electrons. The molecule has 0 saturated heterocycles. The quantitative estimate of drug-likeness (QED) is 0.853. The topological polar surface area (TPSA) is 46.2 Å². The van der Waals surface area contributed by atoms with Crippen LogP contribution in [0.3, 0.4) is 0 Å². The molecule has 0 heterocycles. The van der Waals surface area contributed by atoms with Crippen molar-refractivity contribution in [3.05, 3.63) is 42.0 Å². The van der Waals surface area contributed by atoms with E-state index in [1.54, 1.807) is 6.07 Å². The fraction of sp³-hybridized carbons (Fsp3) is 0.412. The van der Waals surface area contributed by atoms with E-state index < -0.39 is 0 Å². The molecule has 0 spiro atoms. The summed E-state index contributed by atoms with van der Waals surface area (Å²) in [5.41, 5.74) is 7.69.